The first-order chi connectivity index (χ1) is 10.3. The summed E-state index contributed by atoms with van der Waals surface area (Å²) in [6, 6.07) is 11.7. The van der Waals surface area contributed by atoms with Crippen LogP contribution in [0.25, 0.3) is 11.3 Å². The van der Waals surface area contributed by atoms with Crippen LogP contribution in [0.15, 0.2) is 40.9 Å². The maximum atomic E-state index is 10.2. The summed E-state index contributed by atoms with van der Waals surface area (Å²) in [5.41, 5.74) is 1.79. The molecule has 0 saturated carbocycles. The van der Waals surface area contributed by atoms with E-state index in [4.69, 9.17) is 4.52 Å². The maximum Gasteiger partial charge on any atom is 0.165 e. The molecule has 0 amide bonds. The van der Waals surface area contributed by atoms with Crippen molar-refractivity contribution in [2.75, 3.05) is 19.6 Å². The highest BCUT2D eigenvalue weighted by Crippen LogP contribution is 2.25. The van der Waals surface area contributed by atoms with E-state index in [-0.39, 0.29) is 0 Å². The standard InChI is InChI=1S/C17H22N2O2/c20-16(9-6-12-19-10-4-5-11-19)17-13-15(18-21-17)14-7-2-1-3-8-14/h1-3,7-8,13,16,20H,4-6,9-12H2. The van der Waals surface area contributed by atoms with Crippen LogP contribution in [-0.4, -0.2) is 34.8 Å². The second-order valence-corrected chi connectivity index (χ2v) is 5.69. The first-order valence-electron chi connectivity index (χ1n) is 7.75. The van der Waals surface area contributed by atoms with Crippen molar-refractivity contribution in [3.63, 3.8) is 0 Å². The van der Waals surface area contributed by atoms with Gasteiger partial charge in [-0.2, -0.15) is 0 Å². The highest BCUT2D eigenvalue weighted by atomic mass is 16.5. The van der Waals surface area contributed by atoms with Gasteiger partial charge < -0.3 is 14.5 Å². The van der Waals surface area contributed by atoms with Gasteiger partial charge in [0.05, 0.1) is 0 Å². The summed E-state index contributed by atoms with van der Waals surface area (Å²) in [6.45, 7) is 3.48. The molecule has 2 heterocycles. The van der Waals surface area contributed by atoms with Crippen LogP contribution in [0.5, 0.6) is 0 Å². The minimum atomic E-state index is -0.558. The molecule has 1 aliphatic rings. The molecular formula is C17H22N2O2. The molecule has 0 bridgehead atoms. The number of benzene rings is 1. The number of aliphatic hydroxyl groups excluding tert-OH is 1. The van der Waals surface area contributed by atoms with Crippen LogP contribution in [0.2, 0.25) is 0 Å². The fourth-order valence-corrected chi connectivity index (χ4v) is 2.85. The third kappa shape index (κ3) is 3.71. The minimum absolute atomic E-state index is 0.558. The Balaban J connectivity index is 1.53. The predicted molar refractivity (Wildman–Crippen MR) is 81.8 cm³/mol. The molecule has 4 nitrogen and oxygen atoms in total. The highest BCUT2D eigenvalue weighted by molar-refractivity contribution is 5.58. The molecule has 4 heteroatoms. The average molecular weight is 286 g/mol. The molecule has 1 fully saturated rings. The van der Waals surface area contributed by atoms with Gasteiger partial charge in [0.25, 0.3) is 0 Å². The Morgan fingerprint density at radius 3 is 2.71 bits per heavy atom. The van der Waals surface area contributed by atoms with Crippen molar-refractivity contribution < 1.29 is 9.63 Å². The first kappa shape index (κ1) is 14.3. The molecule has 112 valence electrons. The van der Waals surface area contributed by atoms with Crippen molar-refractivity contribution >= 4 is 0 Å². The van der Waals surface area contributed by atoms with Crippen molar-refractivity contribution in [3.8, 4) is 11.3 Å². The third-order valence-corrected chi connectivity index (χ3v) is 4.08. The highest BCUT2D eigenvalue weighted by Gasteiger charge is 2.16. The average Bonchev–Trinajstić information content (AvgIpc) is 3.20. The van der Waals surface area contributed by atoms with Crippen molar-refractivity contribution in [1.29, 1.82) is 0 Å². The number of aromatic nitrogens is 1. The van der Waals surface area contributed by atoms with Crippen LogP contribution in [0, 0.1) is 0 Å². The van der Waals surface area contributed by atoms with Gasteiger partial charge in [-0.25, -0.2) is 0 Å². The third-order valence-electron chi connectivity index (χ3n) is 4.08. The summed E-state index contributed by atoms with van der Waals surface area (Å²) in [5.74, 6) is 0.565. The fourth-order valence-electron chi connectivity index (χ4n) is 2.85. The lowest BCUT2D eigenvalue weighted by molar-refractivity contribution is 0.124. The number of aliphatic hydroxyl groups is 1. The molecule has 21 heavy (non-hydrogen) atoms. The van der Waals surface area contributed by atoms with Crippen LogP contribution in [-0.2, 0) is 0 Å². The van der Waals surface area contributed by atoms with E-state index in [0.29, 0.717) is 5.76 Å². The molecule has 1 aromatic heterocycles. The van der Waals surface area contributed by atoms with Crippen molar-refractivity contribution in [2.24, 2.45) is 0 Å². The van der Waals surface area contributed by atoms with E-state index in [2.05, 4.69) is 10.1 Å². The van der Waals surface area contributed by atoms with Gasteiger partial charge >= 0.3 is 0 Å². The van der Waals surface area contributed by atoms with E-state index in [1.807, 2.05) is 36.4 Å². The Labute approximate surface area is 125 Å². The lowest BCUT2D eigenvalue weighted by Crippen LogP contribution is -2.20. The fraction of sp³-hybridized carbons (Fsp3) is 0.471. The number of rotatable bonds is 6. The molecule has 1 atom stereocenters. The van der Waals surface area contributed by atoms with Gasteiger partial charge in [0.1, 0.15) is 11.8 Å². The van der Waals surface area contributed by atoms with Crippen molar-refractivity contribution in [3.05, 3.63) is 42.2 Å². The summed E-state index contributed by atoms with van der Waals surface area (Å²) in [5, 5.41) is 14.3. The van der Waals surface area contributed by atoms with Crippen LogP contribution >= 0.6 is 0 Å². The molecule has 3 rings (SSSR count). The topological polar surface area (TPSA) is 49.5 Å². The smallest absolute Gasteiger partial charge is 0.165 e. The maximum absolute atomic E-state index is 10.2. The monoisotopic (exact) mass is 286 g/mol. The molecule has 2 aromatic rings. The quantitative estimate of drug-likeness (QED) is 0.885. The Kier molecular flexibility index (Phi) is 4.68. The van der Waals surface area contributed by atoms with E-state index in [0.717, 1.165) is 30.6 Å². The Bertz CT molecular complexity index is 547. The lowest BCUT2D eigenvalue weighted by Gasteiger charge is -2.14. The van der Waals surface area contributed by atoms with Gasteiger partial charge in [-0.05, 0) is 45.3 Å². The van der Waals surface area contributed by atoms with E-state index in [1.54, 1.807) is 0 Å². The van der Waals surface area contributed by atoms with Crippen molar-refractivity contribution in [1.82, 2.24) is 10.1 Å². The van der Waals surface area contributed by atoms with E-state index >= 15 is 0 Å². The van der Waals surface area contributed by atoms with Crippen LogP contribution in [0.1, 0.15) is 37.5 Å². The Hall–Kier alpha value is -1.65. The van der Waals surface area contributed by atoms with E-state index in [9.17, 15) is 5.11 Å². The van der Waals surface area contributed by atoms with Gasteiger partial charge in [0.2, 0.25) is 0 Å². The molecule has 1 N–H and O–H groups in total. The first-order valence-corrected chi connectivity index (χ1v) is 7.75. The van der Waals surface area contributed by atoms with Gasteiger partial charge in [-0.1, -0.05) is 35.5 Å². The SMILES string of the molecule is OC(CCCN1CCCC1)c1cc(-c2ccccc2)no1. The zero-order chi connectivity index (χ0) is 14.5. The van der Waals surface area contributed by atoms with Crippen LogP contribution < -0.4 is 0 Å². The lowest BCUT2D eigenvalue weighted by atomic mass is 10.1. The zero-order valence-corrected chi connectivity index (χ0v) is 12.2. The van der Waals surface area contributed by atoms with Gasteiger partial charge in [-0.15, -0.1) is 0 Å². The Morgan fingerprint density at radius 2 is 1.95 bits per heavy atom. The number of hydrogen-bond acceptors (Lipinski definition) is 4. The van der Waals surface area contributed by atoms with Crippen LogP contribution in [0.3, 0.4) is 0 Å². The predicted octanol–water partition coefficient (Wildman–Crippen LogP) is 3.25. The molecule has 1 saturated heterocycles. The van der Waals surface area contributed by atoms with Crippen molar-refractivity contribution in [2.45, 2.75) is 31.8 Å². The summed E-state index contributed by atoms with van der Waals surface area (Å²) in [6.07, 6.45) is 3.77. The second-order valence-electron chi connectivity index (χ2n) is 5.69. The molecule has 1 unspecified atom stereocenters. The van der Waals surface area contributed by atoms with Gasteiger partial charge in [-0.3, -0.25) is 0 Å². The number of hydrogen-bond donors (Lipinski definition) is 1. The van der Waals surface area contributed by atoms with Gasteiger partial charge in [0.15, 0.2) is 5.76 Å². The molecule has 0 spiro atoms. The zero-order valence-electron chi connectivity index (χ0n) is 12.2. The number of likely N-dealkylation sites (tertiary alicyclic amines) is 1. The summed E-state index contributed by atoms with van der Waals surface area (Å²) in [7, 11) is 0. The summed E-state index contributed by atoms with van der Waals surface area (Å²) in [4.78, 5) is 2.46. The molecule has 0 aliphatic carbocycles. The molecule has 1 aromatic carbocycles. The van der Waals surface area contributed by atoms with E-state index < -0.39 is 6.10 Å². The van der Waals surface area contributed by atoms with E-state index in [1.165, 1.54) is 25.9 Å². The molecule has 1 aliphatic heterocycles. The largest absolute Gasteiger partial charge is 0.385 e. The molecule has 0 radical (unpaired) electrons. The summed E-state index contributed by atoms with van der Waals surface area (Å²) >= 11 is 0. The summed E-state index contributed by atoms with van der Waals surface area (Å²) < 4.78 is 5.29. The molecular weight excluding hydrogens is 264 g/mol. The normalized spacial score (nSPS) is 17.2. The van der Waals surface area contributed by atoms with Crippen LogP contribution in [0.4, 0.5) is 0 Å². The van der Waals surface area contributed by atoms with Gasteiger partial charge in [0, 0.05) is 11.6 Å². The second kappa shape index (κ2) is 6.87. The minimum Gasteiger partial charge on any atom is -0.385 e. The number of nitrogens with zero attached hydrogens (tertiary/aromatic N) is 2. The Morgan fingerprint density at radius 1 is 1.19 bits per heavy atom.